The Morgan fingerprint density at radius 1 is 1.50 bits per heavy atom. The van der Waals surface area contributed by atoms with E-state index in [1.165, 1.54) is 0 Å². The van der Waals surface area contributed by atoms with Gasteiger partial charge in [-0.25, -0.2) is 4.39 Å². The van der Waals surface area contributed by atoms with Crippen molar-refractivity contribution in [3.63, 3.8) is 0 Å². The molecule has 0 atom stereocenters. The number of carbonyl (C=O) groups excluding carboxylic acids is 1. The number of aryl methyl sites for hydroxylation is 1. The summed E-state index contributed by atoms with van der Waals surface area (Å²) < 4.78 is 18.3. The van der Waals surface area contributed by atoms with Gasteiger partial charge in [-0.15, -0.1) is 0 Å². The van der Waals surface area contributed by atoms with Crippen molar-refractivity contribution in [1.29, 1.82) is 0 Å². The fourth-order valence-corrected chi connectivity index (χ4v) is 1.30. The Labute approximate surface area is 94.7 Å². The molecule has 1 rings (SSSR count). The first-order valence-electron chi connectivity index (χ1n) is 5.22. The number of benzene rings is 1. The molecule has 1 aromatic carbocycles. The van der Waals surface area contributed by atoms with Crippen molar-refractivity contribution in [3.8, 4) is 0 Å². The van der Waals surface area contributed by atoms with Gasteiger partial charge in [0.05, 0.1) is 13.0 Å². The van der Waals surface area contributed by atoms with E-state index in [1.807, 2.05) is 0 Å². The molecule has 86 valence electrons. The molecule has 0 radical (unpaired) electrons. The molecule has 3 heteroatoms. The number of hydrogen-bond donors (Lipinski definition) is 0. The van der Waals surface area contributed by atoms with Gasteiger partial charge < -0.3 is 4.74 Å². The number of carbonyl (C=O) groups is 1. The summed E-state index contributed by atoms with van der Waals surface area (Å²) in [4.78, 5) is 11.0. The predicted molar refractivity (Wildman–Crippen MR) is 61.4 cm³/mol. The number of halogens is 1. The lowest BCUT2D eigenvalue weighted by Crippen LogP contribution is -2.01. The third kappa shape index (κ3) is 3.50. The van der Waals surface area contributed by atoms with Gasteiger partial charge >= 0.3 is 5.97 Å². The smallest absolute Gasteiger partial charge is 0.309 e. The Balaban J connectivity index is 2.63. The highest BCUT2D eigenvalue weighted by Crippen LogP contribution is 2.13. The maximum atomic E-state index is 13.5. The van der Waals surface area contributed by atoms with Gasteiger partial charge in [-0.2, -0.15) is 0 Å². The van der Waals surface area contributed by atoms with Crippen LogP contribution in [0, 0.1) is 12.7 Å². The van der Waals surface area contributed by atoms with Gasteiger partial charge in [-0.1, -0.05) is 30.4 Å². The molecular formula is C13H15FO2. The van der Waals surface area contributed by atoms with Crippen LogP contribution in [0.3, 0.4) is 0 Å². The molecular weight excluding hydrogens is 207 g/mol. The molecule has 0 saturated heterocycles. The van der Waals surface area contributed by atoms with E-state index in [0.29, 0.717) is 17.7 Å². The van der Waals surface area contributed by atoms with Crippen LogP contribution in [0.15, 0.2) is 24.3 Å². The molecule has 0 heterocycles. The highest BCUT2D eigenvalue weighted by atomic mass is 19.1. The fourth-order valence-electron chi connectivity index (χ4n) is 1.30. The van der Waals surface area contributed by atoms with E-state index < -0.39 is 0 Å². The van der Waals surface area contributed by atoms with Crippen molar-refractivity contribution in [2.45, 2.75) is 20.3 Å². The Bertz CT molecular complexity index is 397. The van der Waals surface area contributed by atoms with Crippen LogP contribution >= 0.6 is 0 Å². The van der Waals surface area contributed by atoms with Crippen LogP contribution in [0.5, 0.6) is 0 Å². The second-order valence-electron chi connectivity index (χ2n) is 3.39. The highest BCUT2D eigenvalue weighted by molar-refractivity contribution is 5.72. The Hall–Kier alpha value is -1.64. The van der Waals surface area contributed by atoms with Crippen LogP contribution < -0.4 is 0 Å². The Morgan fingerprint density at radius 3 is 2.94 bits per heavy atom. The summed E-state index contributed by atoms with van der Waals surface area (Å²) in [5.74, 6) is -0.547. The summed E-state index contributed by atoms with van der Waals surface area (Å²) in [6.45, 7) is 3.82. The monoisotopic (exact) mass is 222 g/mol. The second kappa shape index (κ2) is 6.05. The Kier molecular flexibility index (Phi) is 4.70. The van der Waals surface area contributed by atoms with E-state index >= 15 is 0 Å². The van der Waals surface area contributed by atoms with Gasteiger partial charge in [-0.3, -0.25) is 4.79 Å². The minimum absolute atomic E-state index is 0.168. The van der Waals surface area contributed by atoms with Crippen LogP contribution in [0.4, 0.5) is 4.39 Å². The summed E-state index contributed by atoms with van der Waals surface area (Å²) in [7, 11) is 0. The van der Waals surface area contributed by atoms with Gasteiger partial charge in [0.1, 0.15) is 5.82 Å². The fraction of sp³-hybridized carbons (Fsp3) is 0.308. The summed E-state index contributed by atoms with van der Waals surface area (Å²) >= 11 is 0. The van der Waals surface area contributed by atoms with E-state index in [2.05, 4.69) is 0 Å². The average Bonchev–Trinajstić information content (AvgIpc) is 2.25. The lowest BCUT2D eigenvalue weighted by molar-refractivity contribution is -0.142. The lowest BCUT2D eigenvalue weighted by atomic mass is 10.1. The normalized spacial score (nSPS) is 10.7. The molecule has 16 heavy (non-hydrogen) atoms. The van der Waals surface area contributed by atoms with Crippen molar-refractivity contribution in [1.82, 2.24) is 0 Å². The summed E-state index contributed by atoms with van der Waals surface area (Å²) in [6.07, 6.45) is 3.37. The standard InChI is InChI=1S/C13H15FO2/c1-3-16-12(15)9-5-8-11-7-4-6-10(2)13(11)14/h4-8H,3,9H2,1-2H3. The molecule has 0 aliphatic rings. The first-order valence-corrected chi connectivity index (χ1v) is 5.22. The zero-order valence-corrected chi connectivity index (χ0v) is 9.50. The number of hydrogen-bond acceptors (Lipinski definition) is 2. The van der Waals surface area contributed by atoms with Crippen molar-refractivity contribution in [2.24, 2.45) is 0 Å². The SMILES string of the molecule is CCOC(=O)CC=Cc1cccc(C)c1F. The summed E-state index contributed by atoms with van der Waals surface area (Å²) in [5.41, 5.74) is 1.09. The first kappa shape index (κ1) is 12.4. The van der Waals surface area contributed by atoms with Crippen molar-refractivity contribution < 1.29 is 13.9 Å². The maximum absolute atomic E-state index is 13.5. The van der Waals surface area contributed by atoms with Crippen LogP contribution in [0.2, 0.25) is 0 Å². The van der Waals surface area contributed by atoms with E-state index in [1.54, 1.807) is 44.2 Å². The molecule has 0 N–H and O–H groups in total. The van der Waals surface area contributed by atoms with Crippen LogP contribution in [0.25, 0.3) is 6.08 Å². The zero-order chi connectivity index (χ0) is 12.0. The molecule has 2 nitrogen and oxygen atoms in total. The van der Waals surface area contributed by atoms with Gasteiger partial charge in [0.15, 0.2) is 0 Å². The van der Waals surface area contributed by atoms with Crippen molar-refractivity contribution in [2.75, 3.05) is 6.61 Å². The topological polar surface area (TPSA) is 26.3 Å². The van der Waals surface area contributed by atoms with Gasteiger partial charge in [0.2, 0.25) is 0 Å². The molecule has 0 fully saturated rings. The molecule has 0 saturated carbocycles. The molecule has 0 aliphatic heterocycles. The van der Waals surface area contributed by atoms with E-state index in [4.69, 9.17) is 4.74 Å². The van der Waals surface area contributed by atoms with Crippen LogP contribution in [-0.2, 0) is 9.53 Å². The molecule has 1 aromatic rings. The van der Waals surface area contributed by atoms with E-state index in [0.717, 1.165) is 0 Å². The van der Waals surface area contributed by atoms with Gasteiger partial charge in [-0.05, 0) is 19.4 Å². The zero-order valence-electron chi connectivity index (χ0n) is 9.50. The second-order valence-corrected chi connectivity index (χ2v) is 3.39. The molecule has 0 amide bonds. The van der Waals surface area contributed by atoms with E-state index in [-0.39, 0.29) is 18.2 Å². The van der Waals surface area contributed by atoms with E-state index in [9.17, 15) is 9.18 Å². The quantitative estimate of drug-likeness (QED) is 0.732. The lowest BCUT2D eigenvalue weighted by Gasteiger charge is -2.00. The third-order valence-corrected chi connectivity index (χ3v) is 2.11. The molecule has 0 unspecified atom stereocenters. The van der Waals surface area contributed by atoms with Crippen LogP contribution in [-0.4, -0.2) is 12.6 Å². The van der Waals surface area contributed by atoms with Crippen molar-refractivity contribution in [3.05, 3.63) is 41.2 Å². The van der Waals surface area contributed by atoms with Gasteiger partial charge in [0, 0.05) is 5.56 Å². The third-order valence-electron chi connectivity index (χ3n) is 2.11. The molecule has 0 aromatic heterocycles. The van der Waals surface area contributed by atoms with Crippen molar-refractivity contribution >= 4 is 12.0 Å². The predicted octanol–water partition coefficient (Wildman–Crippen LogP) is 3.10. The van der Waals surface area contributed by atoms with Gasteiger partial charge in [0.25, 0.3) is 0 Å². The largest absolute Gasteiger partial charge is 0.466 e. The first-order chi connectivity index (χ1) is 7.65. The molecule has 0 bridgehead atoms. The minimum atomic E-state index is -0.299. The average molecular weight is 222 g/mol. The number of esters is 1. The van der Waals surface area contributed by atoms with Crippen LogP contribution in [0.1, 0.15) is 24.5 Å². The molecule has 0 spiro atoms. The number of rotatable bonds is 4. The Morgan fingerprint density at radius 2 is 2.25 bits per heavy atom. The summed E-state index contributed by atoms with van der Waals surface area (Å²) in [5, 5.41) is 0. The highest BCUT2D eigenvalue weighted by Gasteiger charge is 2.01. The number of ether oxygens (including phenoxy) is 1. The minimum Gasteiger partial charge on any atom is -0.466 e. The molecule has 0 aliphatic carbocycles. The summed E-state index contributed by atoms with van der Waals surface area (Å²) in [6, 6.07) is 5.16. The maximum Gasteiger partial charge on any atom is 0.309 e.